The predicted octanol–water partition coefficient (Wildman–Crippen LogP) is 4.71. The van der Waals surface area contributed by atoms with Crippen LogP contribution in [0.5, 0.6) is 11.5 Å². The van der Waals surface area contributed by atoms with E-state index in [2.05, 4.69) is 32.9 Å². The van der Waals surface area contributed by atoms with E-state index in [9.17, 15) is 10.2 Å². The molecule has 0 fully saturated rings. The van der Waals surface area contributed by atoms with Crippen LogP contribution in [-0.4, -0.2) is 21.9 Å². The first kappa shape index (κ1) is 17.3. The molecule has 1 aliphatic heterocycles. The number of hydrogen-bond donors (Lipinski definition) is 2. The molecule has 0 spiro atoms. The van der Waals surface area contributed by atoms with Gasteiger partial charge in [0.25, 0.3) is 0 Å². The number of ether oxygens (including phenoxy) is 1. The highest BCUT2D eigenvalue weighted by molar-refractivity contribution is 5.54. The Hall–Kier alpha value is -1.48. The lowest BCUT2D eigenvalue weighted by molar-refractivity contribution is -0.00919. The number of aromatic hydroxyl groups is 1. The third-order valence-corrected chi connectivity index (χ3v) is 5.73. The minimum Gasteiger partial charge on any atom is -0.507 e. The van der Waals surface area contributed by atoms with Crippen LogP contribution >= 0.6 is 0 Å². The van der Waals surface area contributed by atoms with E-state index >= 15 is 0 Å². The summed E-state index contributed by atoms with van der Waals surface area (Å²) < 4.78 is 6.30. The van der Waals surface area contributed by atoms with Crippen LogP contribution in [0.3, 0.4) is 0 Å². The maximum atomic E-state index is 10.7. The molecular weight excluding hydrogens is 300 g/mol. The number of aryl methyl sites for hydroxylation is 1. The molecular formula is C21H30O3. The SMILES string of the molecule is CCCCCc1cc(O)c2c(c1)OC(C)(C)[C@@H]1C[C@@H](O)C(C)=CC21. The number of rotatable bonds is 4. The molecule has 0 saturated carbocycles. The number of aliphatic hydroxyl groups is 1. The normalized spacial score (nSPS) is 27.7. The van der Waals surface area contributed by atoms with Gasteiger partial charge in [0.15, 0.2) is 0 Å². The molecule has 1 aliphatic carbocycles. The van der Waals surface area contributed by atoms with Gasteiger partial charge in [-0.2, -0.15) is 0 Å². The molecule has 1 heterocycles. The number of hydrogen-bond acceptors (Lipinski definition) is 3. The van der Waals surface area contributed by atoms with Gasteiger partial charge in [-0.15, -0.1) is 0 Å². The van der Waals surface area contributed by atoms with Crippen molar-refractivity contribution in [3.63, 3.8) is 0 Å². The van der Waals surface area contributed by atoms with Gasteiger partial charge in [0.2, 0.25) is 0 Å². The van der Waals surface area contributed by atoms with E-state index in [-0.39, 0.29) is 17.4 Å². The molecule has 1 aromatic rings. The van der Waals surface area contributed by atoms with E-state index in [1.54, 1.807) is 0 Å². The summed E-state index contributed by atoms with van der Waals surface area (Å²) in [5, 5.41) is 20.9. The Balaban J connectivity index is 2.00. The summed E-state index contributed by atoms with van der Waals surface area (Å²) in [5.74, 6) is 1.43. The smallest absolute Gasteiger partial charge is 0.127 e. The Bertz CT molecular complexity index is 645. The number of benzene rings is 1. The Morgan fingerprint density at radius 2 is 2.00 bits per heavy atom. The van der Waals surface area contributed by atoms with E-state index in [1.807, 2.05) is 13.0 Å². The Labute approximate surface area is 145 Å². The maximum absolute atomic E-state index is 10.7. The lowest BCUT2D eigenvalue weighted by Gasteiger charge is -2.47. The molecule has 132 valence electrons. The molecule has 0 aromatic heterocycles. The maximum Gasteiger partial charge on any atom is 0.127 e. The highest BCUT2D eigenvalue weighted by Crippen LogP contribution is 2.53. The van der Waals surface area contributed by atoms with Gasteiger partial charge in [0, 0.05) is 17.4 Å². The highest BCUT2D eigenvalue weighted by atomic mass is 16.5. The number of phenolic OH excluding ortho intramolecular Hbond substituents is 1. The molecule has 3 rings (SSSR count). The third kappa shape index (κ3) is 3.06. The summed E-state index contributed by atoms with van der Waals surface area (Å²) in [6, 6.07) is 4.01. The van der Waals surface area contributed by atoms with Gasteiger partial charge in [-0.25, -0.2) is 0 Å². The van der Waals surface area contributed by atoms with E-state index in [0.29, 0.717) is 12.2 Å². The number of aliphatic hydroxyl groups excluding tert-OH is 1. The average Bonchev–Trinajstić information content (AvgIpc) is 2.49. The summed E-state index contributed by atoms with van der Waals surface area (Å²) in [6.07, 6.45) is 6.89. The fourth-order valence-electron chi connectivity index (χ4n) is 4.25. The second-order valence-corrected chi connectivity index (χ2v) is 7.98. The van der Waals surface area contributed by atoms with E-state index < -0.39 is 6.10 Å². The summed E-state index contributed by atoms with van der Waals surface area (Å²) in [6.45, 7) is 8.35. The molecule has 3 nitrogen and oxygen atoms in total. The van der Waals surface area contributed by atoms with Crippen molar-refractivity contribution in [2.45, 2.75) is 77.4 Å². The molecule has 0 saturated heterocycles. The van der Waals surface area contributed by atoms with Crippen LogP contribution in [0.25, 0.3) is 0 Å². The van der Waals surface area contributed by atoms with Gasteiger partial charge in [0.05, 0.1) is 6.10 Å². The monoisotopic (exact) mass is 330 g/mol. The fraction of sp³-hybridized carbons (Fsp3) is 0.619. The van der Waals surface area contributed by atoms with Crippen molar-refractivity contribution in [3.05, 3.63) is 34.9 Å². The minimum atomic E-state index is -0.411. The van der Waals surface area contributed by atoms with Gasteiger partial charge >= 0.3 is 0 Å². The molecule has 3 atom stereocenters. The van der Waals surface area contributed by atoms with Crippen molar-refractivity contribution >= 4 is 0 Å². The summed E-state index contributed by atoms with van der Waals surface area (Å²) in [4.78, 5) is 0. The predicted molar refractivity (Wildman–Crippen MR) is 96.7 cm³/mol. The van der Waals surface area contributed by atoms with Gasteiger partial charge in [-0.3, -0.25) is 0 Å². The van der Waals surface area contributed by atoms with Crippen LogP contribution in [0.15, 0.2) is 23.8 Å². The first-order chi connectivity index (χ1) is 11.3. The van der Waals surface area contributed by atoms with Gasteiger partial charge in [-0.1, -0.05) is 25.8 Å². The largest absolute Gasteiger partial charge is 0.507 e. The summed E-state index contributed by atoms with van der Waals surface area (Å²) in [7, 11) is 0. The zero-order valence-electron chi connectivity index (χ0n) is 15.3. The summed E-state index contributed by atoms with van der Waals surface area (Å²) >= 11 is 0. The molecule has 3 heteroatoms. The quantitative estimate of drug-likeness (QED) is 0.621. The van der Waals surface area contributed by atoms with Crippen molar-refractivity contribution in [1.29, 1.82) is 0 Å². The molecule has 0 amide bonds. The Kier molecular flexibility index (Phi) is 4.65. The number of allylic oxidation sites excluding steroid dienone is 1. The van der Waals surface area contributed by atoms with Crippen LogP contribution in [-0.2, 0) is 6.42 Å². The lowest BCUT2D eigenvalue weighted by Crippen LogP contribution is -2.47. The van der Waals surface area contributed by atoms with Gasteiger partial charge in [-0.05, 0) is 63.3 Å². The minimum absolute atomic E-state index is 0.108. The number of phenols is 1. The molecule has 24 heavy (non-hydrogen) atoms. The average molecular weight is 330 g/mol. The molecule has 0 radical (unpaired) electrons. The molecule has 2 aliphatic rings. The third-order valence-electron chi connectivity index (χ3n) is 5.73. The molecule has 2 N–H and O–H groups in total. The first-order valence-electron chi connectivity index (χ1n) is 9.24. The van der Waals surface area contributed by atoms with Crippen LogP contribution < -0.4 is 4.74 Å². The zero-order chi connectivity index (χ0) is 17.5. The fourth-order valence-corrected chi connectivity index (χ4v) is 4.25. The van der Waals surface area contributed by atoms with Crippen LogP contribution in [0.2, 0.25) is 0 Å². The standard InChI is InChI=1S/C21H30O3/c1-5-6-7-8-14-10-18(23)20-15-9-13(2)17(22)12-16(15)21(3,4)24-19(20)11-14/h9-11,15-17,22-23H,5-8,12H2,1-4H3/t15?,16-,17-/m1/s1. The van der Waals surface area contributed by atoms with E-state index in [0.717, 1.165) is 35.3 Å². The summed E-state index contributed by atoms with van der Waals surface area (Å²) in [5.41, 5.74) is 2.67. The van der Waals surface area contributed by atoms with Gasteiger partial charge in [0.1, 0.15) is 17.1 Å². The van der Waals surface area contributed by atoms with Crippen molar-refractivity contribution in [3.8, 4) is 11.5 Å². The van der Waals surface area contributed by atoms with Crippen LogP contribution in [0.1, 0.15) is 70.4 Å². The number of fused-ring (bicyclic) bond motifs is 3. The van der Waals surface area contributed by atoms with E-state index in [4.69, 9.17) is 4.74 Å². The highest BCUT2D eigenvalue weighted by Gasteiger charge is 2.47. The molecule has 0 bridgehead atoms. The Morgan fingerprint density at radius 3 is 2.71 bits per heavy atom. The van der Waals surface area contributed by atoms with E-state index in [1.165, 1.54) is 12.8 Å². The topological polar surface area (TPSA) is 49.7 Å². The van der Waals surface area contributed by atoms with Crippen molar-refractivity contribution in [2.24, 2.45) is 5.92 Å². The van der Waals surface area contributed by atoms with Crippen molar-refractivity contribution in [1.82, 2.24) is 0 Å². The second kappa shape index (κ2) is 6.44. The first-order valence-corrected chi connectivity index (χ1v) is 9.24. The zero-order valence-corrected chi connectivity index (χ0v) is 15.3. The molecule has 1 unspecified atom stereocenters. The van der Waals surface area contributed by atoms with Crippen LogP contribution in [0, 0.1) is 5.92 Å². The Morgan fingerprint density at radius 1 is 1.25 bits per heavy atom. The van der Waals surface area contributed by atoms with Crippen molar-refractivity contribution < 1.29 is 14.9 Å². The van der Waals surface area contributed by atoms with Crippen LogP contribution in [0.4, 0.5) is 0 Å². The number of unbranched alkanes of at least 4 members (excludes halogenated alkanes) is 2. The van der Waals surface area contributed by atoms with Crippen molar-refractivity contribution in [2.75, 3.05) is 0 Å². The molecule has 1 aromatic carbocycles. The second-order valence-electron chi connectivity index (χ2n) is 7.98. The lowest BCUT2D eigenvalue weighted by atomic mass is 9.67. The van der Waals surface area contributed by atoms with Gasteiger partial charge < -0.3 is 14.9 Å².